The van der Waals surface area contributed by atoms with Crippen molar-refractivity contribution in [1.29, 1.82) is 0 Å². The summed E-state index contributed by atoms with van der Waals surface area (Å²) < 4.78 is 0. The maximum atomic E-state index is 13.7. The summed E-state index contributed by atoms with van der Waals surface area (Å²) in [6, 6.07) is 13.5. The molecule has 1 heterocycles. The van der Waals surface area contributed by atoms with Crippen LogP contribution in [0.1, 0.15) is 50.6 Å². The average Bonchev–Trinajstić information content (AvgIpc) is 3.02. The summed E-state index contributed by atoms with van der Waals surface area (Å²) in [6.07, 6.45) is 1.65. The van der Waals surface area contributed by atoms with E-state index in [4.69, 9.17) is 33.2 Å². The Hall–Kier alpha value is -2.17. The van der Waals surface area contributed by atoms with Crippen molar-refractivity contribution in [3.05, 3.63) is 69.5 Å². The summed E-state index contributed by atoms with van der Waals surface area (Å²) in [5.74, 6) is 0.0209. The van der Waals surface area contributed by atoms with Crippen molar-refractivity contribution in [3.63, 3.8) is 0 Å². The molecule has 2 aromatic carbocycles. The minimum atomic E-state index is -0.723. The Morgan fingerprint density at radius 1 is 0.967 bits per heavy atom. The third-order valence-corrected chi connectivity index (χ3v) is 8.49. The van der Waals surface area contributed by atoms with Crippen molar-refractivity contribution in [2.45, 2.75) is 51.0 Å². The molecule has 2 atom stereocenters. The van der Waals surface area contributed by atoms with E-state index in [0.29, 0.717) is 27.6 Å². The van der Waals surface area contributed by atoms with Gasteiger partial charge in [-0.05, 0) is 36.0 Å². The van der Waals surface area contributed by atoms with Crippen LogP contribution in [0.4, 0.5) is 0 Å². The monoisotopic (exact) mass is 439 g/mol. The number of nitrogens with zero attached hydrogens (tertiary/aromatic N) is 2. The maximum absolute atomic E-state index is 13.7. The third kappa shape index (κ3) is 2.38. The lowest BCUT2D eigenvalue weighted by Crippen LogP contribution is -2.51. The minimum absolute atomic E-state index is 0.0209. The predicted octanol–water partition coefficient (Wildman–Crippen LogP) is 5.58. The molecule has 5 rings (SSSR count). The van der Waals surface area contributed by atoms with E-state index in [1.54, 1.807) is 12.1 Å². The molecule has 2 aliphatic rings. The van der Waals surface area contributed by atoms with E-state index in [2.05, 4.69) is 26.1 Å². The Balaban J connectivity index is 1.64. The highest BCUT2D eigenvalue weighted by atomic mass is 35.5. The molecule has 2 aliphatic carbocycles. The molecular weight excluding hydrogens is 417 g/mol. The van der Waals surface area contributed by atoms with Crippen LogP contribution in [0.25, 0.3) is 11.0 Å². The number of aromatic nitrogens is 2. The Morgan fingerprint density at radius 2 is 1.57 bits per heavy atom. The second kappa shape index (κ2) is 6.41. The molecule has 1 aromatic heterocycles. The van der Waals surface area contributed by atoms with Gasteiger partial charge in [0, 0.05) is 12.0 Å². The van der Waals surface area contributed by atoms with Gasteiger partial charge in [-0.2, -0.15) is 0 Å². The first-order valence-electron chi connectivity index (χ1n) is 10.2. The number of amides is 1. The highest BCUT2D eigenvalue weighted by Crippen LogP contribution is 2.70. The van der Waals surface area contributed by atoms with E-state index in [-0.39, 0.29) is 16.7 Å². The van der Waals surface area contributed by atoms with E-state index in [1.807, 2.05) is 30.3 Å². The first kappa shape index (κ1) is 19.8. The quantitative estimate of drug-likeness (QED) is 0.578. The molecule has 1 saturated carbocycles. The SMILES string of the molecule is CC12CCC(C(=O)NCc3ccccc3)(c3nc4cc(Cl)c(Cl)cc4nc31)C2(C)C. The van der Waals surface area contributed by atoms with E-state index in [9.17, 15) is 4.79 Å². The topological polar surface area (TPSA) is 54.9 Å². The van der Waals surface area contributed by atoms with E-state index < -0.39 is 5.41 Å². The van der Waals surface area contributed by atoms with E-state index in [1.165, 1.54) is 0 Å². The lowest BCUT2D eigenvalue weighted by molar-refractivity contribution is -0.130. The average molecular weight is 440 g/mol. The van der Waals surface area contributed by atoms with Gasteiger partial charge in [-0.25, -0.2) is 9.97 Å². The van der Waals surface area contributed by atoms with Crippen molar-refractivity contribution in [2.75, 3.05) is 0 Å². The summed E-state index contributed by atoms with van der Waals surface area (Å²) in [5, 5.41) is 4.09. The molecule has 30 heavy (non-hydrogen) atoms. The Kier molecular flexibility index (Phi) is 4.23. The Labute approximate surface area is 186 Å². The third-order valence-electron chi connectivity index (χ3n) is 7.76. The van der Waals surface area contributed by atoms with Crippen molar-refractivity contribution in [3.8, 4) is 0 Å². The predicted molar refractivity (Wildman–Crippen MR) is 120 cm³/mol. The number of rotatable bonds is 3. The van der Waals surface area contributed by atoms with Gasteiger partial charge in [0.15, 0.2) is 0 Å². The normalized spacial score (nSPS) is 26.0. The highest BCUT2D eigenvalue weighted by molar-refractivity contribution is 6.42. The molecule has 1 N–H and O–H groups in total. The van der Waals surface area contributed by atoms with Crippen LogP contribution in [-0.2, 0) is 22.2 Å². The van der Waals surface area contributed by atoms with Crippen LogP contribution in [0.2, 0.25) is 10.0 Å². The summed E-state index contributed by atoms with van der Waals surface area (Å²) in [7, 11) is 0. The van der Waals surface area contributed by atoms with Gasteiger partial charge in [-0.1, -0.05) is 74.3 Å². The first-order valence-corrected chi connectivity index (χ1v) is 11.0. The van der Waals surface area contributed by atoms with Crippen molar-refractivity contribution in [2.24, 2.45) is 5.41 Å². The molecule has 2 unspecified atom stereocenters. The highest BCUT2D eigenvalue weighted by Gasteiger charge is 2.73. The molecule has 3 aromatic rings. The molecule has 0 saturated heterocycles. The van der Waals surface area contributed by atoms with Crippen molar-refractivity contribution >= 4 is 40.1 Å². The number of fused-ring (bicyclic) bond motifs is 6. The fraction of sp³-hybridized carbons (Fsp3) is 0.375. The molecule has 0 aliphatic heterocycles. The van der Waals surface area contributed by atoms with Crippen LogP contribution in [0, 0.1) is 5.41 Å². The van der Waals surface area contributed by atoms with Gasteiger partial charge in [0.05, 0.1) is 37.9 Å². The van der Waals surface area contributed by atoms with Gasteiger partial charge in [-0.3, -0.25) is 4.79 Å². The number of hydrogen-bond acceptors (Lipinski definition) is 3. The second-order valence-electron chi connectivity index (χ2n) is 9.21. The molecule has 2 bridgehead atoms. The van der Waals surface area contributed by atoms with Gasteiger partial charge in [0.1, 0.15) is 0 Å². The zero-order chi connectivity index (χ0) is 21.3. The van der Waals surface area contributed by atoms with Crippen LogP contribution >= 0.6 is 23.2 Å². The molecule has 0 radical (unpaired) electrons. The van der Waals surface area contributed by atoms with Crippen LogP contribution in [0.3, 0.4) is 0 Å². The fourth-order valence-corrected chi connectivity index (χ4v) is 5.85. The zero-order valence-electron chi connectivity index (χ0n) is 17.2. The molecule has 0 spiro atoms. The van der Waals surface area contributed by atoms with Crippen LogP contribution in [-0.4, -0.2) is 15.9 Å². The largest absolute Gasteiger partial charge is 0.351 e. The zero-order valence-corrected chi connectivity index (χ0v) is 18.7. The van der Waals surface area contributed by atoms with Gasteiger partial charge >= 0.3 is 0 Å². The van der Waals surface area contributed by atoms with Gasteiger partial charge in [0.25, 0.3) is 0 Å². The van der Waals surface area contributed by atoms with Crippen LogP contribution < -0.4 is 5.32 Å². The fourth-order valence-electron chi connectivity index (χ4n) is 5.53. The van der Waals surface area contributed by atoms with Gasteiger partial charge < -0.3 is 5.32 Å². The Bertz CT molecular complexity index is 1190. The van der Waals surface area contributed by atoms with E-state index in [0.717, 1.165) is 29.8 Å². The molecular formula is C24H23Cl2N3O. The van der Waals surface area contributed by atoms with Crippen LogP contribution in [0.15, 0.2) is 42.5 Å². The number of carbonyl (C=O) groups excluding carboxylic acids is 1. The number of carbonyl (C=O) groups is 1. The van der Waals surface area contributed by atoms with Crippen LogP contribution in [0.5, 0.6) is 0 Å². The number of halogens is 2. The van der Waals surface area contributed by atoms with Crippen molar-refractivity contribution in [1.82, 2.24) is 15.3 Å². The van der Waals surface area contributed by atoms with Gasteiger partial charge in [-0.15, -0.1) is 0 Å². The molecule has 1 fully saturated rings. The minimum Gasteiger partial charge on any atom is -0.351 e. The summed E-state index contributed by atoms with van der Waals surface area (Å²) in [5.41, 5.74) is 2.88. The lowest BCUT2D eigenvalue weighted by Gasteiger charge is -2.39. The lowest BCUT2D eigenvalue weighted by atomic mass is 9.63. The smallest absolute Gasteiger partial charge is 0.233 e. The number of hydrogen-bond donors (Lipinski definition) is 1. The van der Waals surface area contributed by atoms with E-state index >= 15 is 0 Å². The Morgan fingerprint density at radius 3 is 2.20 bits per heavy atom. The molecule has 1 amide bonds. The standard InChI is InChI=1S/C24H23Cl2N3O/c1-22(2)23(3)9-10-24(22,21(30)27-13-14-7-5-4-6-8-14)20-19(23)28-17-11-15(25)16(26)12-18(17)29-20/h4-8,11-12H,9-10,13H2,1-3H3,(H,27,30). The molecule has 6 heteroatoms. The summed E-state index contributed by atoms with van der Waals surface area (Å²) in [6.45, 7) is 7.06. The maximum Gasteiger partial charge on any atom is 0.233 e. The van der Waals surface area contributed by atoms with Gasteiger partial charge in [0.2, 0.25) is 5.91 Å². The molecule has 154 valence electrons. The van der Waals surface area contributed by atoms with Crippen molar-refractivity contribution < 1.29 is 4.79 Å². The second-order valence-corrected chi connectivity index (χ2v) is 10.0. The summed E-state index contributed by atoms with van der Waals surface area (Å²) in [4.78, 5) is 23.7. The molecule has 4 nitrogen and oxygen atoms in total. The number of benzene rings is 2. The summed E-state index contributed by atoms with van der Waals surface area (Å²) >= 11 is 12.5. The first-order chi connectivity index (χ1) is 14.2. The number of nitrogens with one attached hydrogen (secondary N) is 1.